The van der Waals surface area contributed by atoms with Crippen LogP contribution in [0.15, 0.2) is 30.6 Å². The van der Waals surface area contributed by atoms with E-state index in [9.17, 15) is 5.26 Å². The van der Waals surface area contributed by atoms with Crippen LogP contribution in [0.2, 0.25) is 0 Å². The first-order chi connectivity index (χ1) is 11.1. The summed E-state index contributed by atoms with van der Waals surface area (Å²) in [5, 5.41) is 10.1. The number of hydrogen-bond acceptors (Lipinski definition) is 5. The van der Waals surface area contributed by atoms with Gasteiger partial charge in [0.15, 0.2) is 0 Å². The van der Waals surface area contributed by atoms with E-state index in [-0.39, 0.29) is 6.04 Å². The highest BCUT2D eigenvalue weighted by atomic mass is 16.5. The third-order valence-electron chi connectivity index (χ3n) is 3.50. The second kappa shape index (κ2) is 6.07. The molecule has 23 heavy (non-hydrogen) atoms. The number of aromatic nitrogens is 3. The van der Waals surface area contributed by atoms with E-state index in [1.807, 2.05) is 32.2 Å². The van der Waals surface area contributed by atoms with E-state index in [2.05, 4.69) is 21.0 Å². The number of aryl methyl sites for hydroxylation is 1. The fraction of sp³-hybridized carbons (Fsp3) is 0.235. The molecule has 0 saturated carbocycles. The monoisotopic (exact) mass is 307 g/mol. The molecule has 0 aliphatic heterocycles. The Bertz CT molecular complexity index is 892. The summed E-state index contributed by atoms with van der Waals surface area (Å²) in [6, 6.07) is 7.72. The van der Waals surface area contributed by atoms with Crippen LogP contribution in [-0.4, -0.2) is 27.6 Å². The molecule has 2 aromatic heterocycles. The van der Waals surface area contributed by atoms with Crippen LogP contribution in [0, 0.1) is 18.3 Å². The zero-order valence-electron chi connectivity index (χ0n) is 13.0. The lowest BCUT2D eigenvalue weighted by molar-refractivity contribution is 0.282. The van der Waals surface area contributed by atoms with Gasteiger partial charge in [-0.2, -0.15) is 5.26 Å². The number of fused-ring (bicyclic) bond motifs is 1. The van der Waals surface area contributed by atoms with Crippen molar-refractivity contribution < 1.29 is 4.74 Å². The number of ether oxygens (including phenoxy) is 1. The number of benzene rings is 1. The molecule has 1 aromatic carbocycles. The first-order valence-electron chi connectivity index (χ1n) is 7.32. The van der Waals surface area contributed by atoms with Crippen LogP contribution in [0.4, 0.5) is 0 Å². The van der Waals surface area contributed by atoms with E-state index in [0.717, 1.165) is 22.2 Å². The fourth-order valence-electron chi connectivity index (χ4n) is 2.41. The molecule has 0 saturated heterocycles. The van der Waals surface area contributed by atoms with Gasteiger partial charge in [0.2, 0.25) is 5.88 Å². The van der Waals surface area contributed by atoms with Crippen LogP contribution in [0.1, 0.15) is 18.2 Å². The molecule has 0 spiro atoms. The number of nitrogens with two attached hydrogens (primary N) is 1. The molecule has 0 aliphatic rings. The largest absolute Gasteiger partial charge is 0.475 e. The maximum absolute atomic E-state index is 9.18. The van der Waals surface area contributed by atoms with Gasteiger partial charge < -0.3 is 15.5 Å². The van der Waals surface area contributed by atoms with Crippen molar-refractivity contribution in [1.29, 1.82) is 5.26 Å². The number of nitrogens with zero attached hydrogens (tertiary/aromatic N) is 3. The number of nitrogens with one attached hydrogen (secondary N) is 1. The molecule has 116 valence electrons. The Kier molecular flexibility index (Phi) is 3.96. The zero-order valence-corrected chi connectivity index (χ0v) is 13.0. The molecule has 1 atom stereocenters. The average molecular weight is 307 g/mol. The van der Waals surface area contributed by atoms with Crippen molar-refractivity contribution in [3.05, 3.63) is 41.9 Å². The maximum atomic E-state index is 9.18. The lowest BCUT2D eigenvalue weighted by atomic mass is 10.1. The summed E-state index contributed by atoms with van der Waals surface area (Å²) in [7, 11) is 0. The Labute approximate surface area is 133 Å². The smallest absolute Gasteiger partial charge is 0.235 e. The molecular formula is C17H17N5O. The Morgan fingerprint density at radius 2 is 2.26 bits per heavy atom. The second-order valence-corrected chi connectivity index (χ2v) is 5.48. The minimum absolute atomic E-state index is 0.0612. The molecule has 3 N–H and O–H groups in total. The highest BCUT2D eigenvalue weighted by molar-refractivity contribution is 5.97. The van der Waals surface area contributed by atoms with Gasteiger partial charge in [-0.05, 0) is 19.9 Å². The average Bonchev–Trinajstić information content (AvgIpc) is 2.97. The highest BCUT2D eigenvalue weighted by Crippen LogP contribution is 2.29. The van der Waals surface area contributed by atoms with Crippen LogP contribution in [0.3, 0.4) is 0 Å². The van der Waals surface area contributed by atoms with Crippen molar-refractivity contribution >= 4 is 10.9 Å². The predicted molar refractivity (Wildman–Crippen MR) is 87.9 cm³/mol. The molecule has 6 heteroatoms. The fourth-order valence-corrected chi connectivity index (χ4v) is 2.41. The lowest BCUT2D eigenvalue weighted by Crippen LogP contribution is -2.24. The summed E-state index contributed by atoms with van der Waals surface area (Å²) in [6.07, 6.45) is 3.52. The third kappa shape index (κ3) is 2.87. The van der Waals surface area contributed by atoms with Gasteiger partial charge in [0.25, 0.3) is 0 Å². The van der Waals surface area contributed by atoms with Crippen LogP contribution in [0.25, 0.3) is 22.2 Å². The third-order valence-corrected chi connectivity index (χ3v) is 3.50. The van der Waals surface area contributed by atoms with Crippen molar-refractivity contribution in [3.8, 4) is 23.2 Å². The predicted octanol–water partition coefficient (Wildman–Crippen LogP) is 2.53. The standard InChI is InChI=1S/C17H17N5O/c1-10(19)9-23-17-11(2)22-15(8-21-17)14-7-20-16-12(6-18)4-3-5-13(14)16/h3-5,7-8,10,20H,9,19H2,1-2H3. The quantitative estimate of drug-likeness (QED) is 0.771. The molecule has 0 aliphatic carbocycles. The highest BCUT2D eigenvalue weighted by Gasteiger charge is 2.12. The molecule has 0 amide bonds. The summed E-state index contributed by atoms with van der Waals surface area (Å²) >= 11 is 0. The number of rotatable bonds is 4. The number of hydrogen-bond donors (Lipinski definition) is 2. The molecule has 3 rings (SSSR count). The molecule has 0 bridgehead atoms. The minimum atomic E-state index is -0.0612. The van der Waals surface area contributed by atoms with Gasteiger partial charge in [-0.1, -0.05) is 12.1 Å². The molecule has 0 radical (unpaired) electrons. The van der Waals surface area contributed by atoms with E-state index in [0.29, 0.717) is 23.7 Å². The van der Waals surface area contributed by atoms with Gasteiger partial charge >= 0.3 is 0 Å². The summed E-state index contributed by atoms with van der Waals surface area (Å²) in [6.45, 7) is 4.12. The summed E-state index contributed by atoms with van der Waals surface area (Å²) in [5.41, 5.74) is 9.44. The van der Waals surface area contributed by atoms with Gasteiger partial charge in [0, 0.05) is 23.2 Å². The van der Waals surface area contributed by atoms with E-state index in [1.54, 1.807) is 12.3 Å². The second-order valence-electron chi connectivity index (χ2n) is 5.48. The molecular weight excluding hydrogens is 290 g/mol. The molecule has 0 fully saturated rings. The summed E-state index contributed by atoms with van der Waals surface area (Å²) < 4.78 is 5.55. The van der Waals surface area contributed by atoms with E-state index in [4.69, 9.17) is 10.5 Å². The van der Waals surface area contributed by atoms with Crippen LogP contribution in [-0.2, 0) is 0 Å². The van der Waals surface area contributed by atoms with Crippen LogP contribution < -0.4 is 10.5 Å². The molecule has 3 aromatic rings. The van der Waals surface area contributed by atoms with Crippen LogP contribution in [0.5, 0.6) is 5.88 Å². The van der Waals surface area contributed by atoms with Crippen molar-refractivity contribution in [2.45, 2.75) is 19.9 Å². The normalized spacial score (nSPS) is 12.1. The van der Waals surface area contributed by atoms with Crippen molar-refractivity contribution in [1.82, 2.24) is 15.0 Å². The number of nitriles is 1. The van der Waals surface area contributed by atoms with Crippen molar-refractivity contribution in [3.63, 3.8) is 0 Å². The van der Waals surface area contributed by atoms with E-state index in [1.165, 1.54) is 0 Å². The number of para-hydroxylation sites is 1. The Morgan fingerprint density at radius 1 is 1.43 bits per heavy atom. The van der Waals surface area contributed by atoms with Crippen LogP contribution >= 0.6 is 0 Å². The Hall–Kier alpha value is -2.91. The van der Waals surface area contributed by atoms with Crippen molar-refractivity contribution in [2.75, 3.05) is 6.61 Å². The summed E-state index contributed by atoms with van der Waals surface area (Å²) in [5.74, 6) is 0.489. The van der Waals surface area contributed by atoms with Gasteiger partial charge in [-0.25, -0.2) is 9.97 Å². The summed E-state index contributed by atoms with van der Waals surface area (Å²) in [4.78, 5) is 12.0. The molecule has 6 nitrogen and oxygen atoms in total. The van der Waals surface area contributed by atoms with Gasteiger partial charge in [0.05, 0.1) is 23.0 Å². The Morgan fingerprint density at radius 3 is 2.96 bits per heavy atom. The minimum Gasteiger partial charge on any atom is -0.475 e. The molecule has 1 unspecified atom stereocenters. The van der Waals surface area contributed by atoms with E-state index < -0.39 is 0 Å². The topological polar surface area (TPSA) is 101 Å². The maximum Gasteiger partial charge on any atom is 0.235 e. The first kappa shape index (κ1) is 15.0. The van der Waals surface area contributed by atoms with Gasteiger partial charge in [-0.15, -0.1) is 0 Å². The molecule has 2 heterocycles. The van der Waals surface area contributed by atoms with Gasteiger partial charge in [0.1, 0.15) is 18.4 Å². The zero-order chi connectivity index (χ0) is 16.4. The SMILES string of the molecule is Cc1nc(-c2c[nH]c3c(C#N)cccc23)cnc1OCC(C)N. The Balaban J connectivity index is 2.00. The lowest BCUT2D eigenvalue weighted by Gasteiger charge is -2.10. The van der Waals surface area contributed by atoms with Crippen molar-refractivity contribution in [2.24, 2.45) is 5.73 Å². The first-order valence-corrected chi connectivity index (χ1v) is 7.32. The number of H-pyrrole nitrogens is 1. The number of aromatic amines is 1. The van der Waals surface area contributed by atoms with Gasteiger partial charge in [-0.3, -0.25) is 0 Å². The van der Waals surface area contributed by atoms with E-state index >= 15 is 0 Å².